The van der Waals surface area contributed by atoms with Crippen LogP contribution < -0.4 is 21.1 Å². The number of carbonyl (C=O) groups is 1. The fourth-order valence-corrected chi connectivity index (χ4v) is 2.33. The molecule has 2 heterocycles. The number of carbonyl (C=O) groups excluding carboxylic acids is 1. The average molecular weight is 426 g/mol. The van der Waals surface area contributed by atoms with E-state index in [1.54, 1.807) is 18.2 Å². The molecule has 3 aromatic rings. The molecule has 31 heavy (non-hydrogen) atoms. The van der Waals surface area contributed by atoms with Crippen LogP contribution >= 0.6 is 0 Å². The second-order valence-electron chi connectivity index (χ2n) is 5.59. The summed E-state index contributed by atoms with van der Waals surface area (Å²) < 4.78 is 24.7. The Labute approximate surface area is 179 Å². The Balaban J connectivity index is 0.00000166. The predicted octanol–water partition coefficient (Wildman–Crippen LogP) is 4.50. The van der Waals surface area contributed by atoms with Crippen molar-refractivity contribution in [3.63, 3.8) is 0 Å². The summed E-state index contributed by atoms with van der Waals surface area (Å²) in [6.45, 7) is 7.55. The molecular weight excluding hydrogens is 403 g/mol. The number of benzene rings is 1. The van der Waals surface area contributed by atoms with Crippen LogP contribution in [0.3, 0.4) is 0 Å². The lowest BCUT2D eigenvalue weighted by atomic mass is 10.2. The highest BCUT2D eigenvalue weighted by molar-refractivity contribution is 5.88. The Morgan fingerprint density at radius 3 is 2.61 bits per heavy atom. The summed E-state index contributed by atoms with van der Waals surface area (Å²) in [5.41, 5.74) is 5.94. The molecule has 3 rings (SSSR count). The largest absolute Gasteiger partial charge is 0.464 e. The number of hydrogen-bond acceptors (Lipinski definition) is 9. The normalized spacial score (nSPS) is 9.68. The second-order valence-corrected chi connectivity index (χ2v) is 5.59. The van der Waals surface area contributed by atoms with Gasteiger partial charge in [0.1, 0.15) is 17.4 Å². The summed E-state index contributed by atoms with van der Waals surface area (Å²) in [7, 11) is 1.22. The maximum Gasteiger partial charge on any atom is 0.356 e. The minimum absolute atomic E-state index is 0.0174. The van der Waals surface area contributed by atoms with Crippen molar-refractivity contribution in [1.29, 1.82) is 0 Å². The minimum Gasteiger partial charge on any atom is -0.464 e. The zero-order valence-electron chi connectivity index (χ0n) is 17.3. The van der Waals surface area contributed by atoms with Crippen molar-refractivity contribution in [2.45, 2.75) is 13.8 Å². The molecule has 0 saturated heterocycles. The van der Waals surface area contributed by atoms with Gasteiger partial charge in [0.15, 0.2) is 17.3 Å². The Hall–Kier alpha value is -4.21. The van der Waals surface area contributed by atoms with Gasteiger partial charge in [0.25, 0.3) is 0 Å². The molecule has 0 fully saturated rings. The molecule has 0 unspecified atom stereocenters. The van der Waals surface area contributed by atoms with Gasteiger partial charge < -0.3 is 25.8 Å². The third kappa shape index (κ3) is 6.39. The van der Waals surface area contributed by atoms with E-state index >= 15 is 0 Å². The van der Waals surface area contributed by atoms with Crippen molar-refractivity contribution in [3.8, 4) is 11.5 Å². The van der Waals surface area contributed by atoms with Crippen LogP contribution in [0.1, 0.15) is 24.3 Å². The first-order valence-corrected chi connectivity index (χ1v) is 9.29. The summed E-state index contributed by atoms with van der Waals surface area (Å²) in [6.07, 6.45) is 2.99. The van der Waals surface area contributed by atoms with E-state index in [2.05, 4.69) is 36.9 Å². The number of nitrogen functional groups attached to an aromatic ring is 1. The van der Waals surface area contributed by atoms with Gasteiger partial charge in [0.05, 0.1) is 7.11 Å². The molecule has 0 radical (unpaired) electrons. The number of methoxy groups -OCH3 is 1. The van der Waals surface area contributed by atoms with Gasteiger partial charge in [-0.05, 0) is 24.4 Å². The van der Waals surface area contributed by atoms with Gasteiger partial charge in [-0.3, -0.25) is 0 Å². The molecular formula is C21H23FN6O3. The molecule has 9 nitrogen and oxygen atoms in total. The van der Waals surface area contributed by atoms with E-state index in [-0.39, 0.29) is 23.2 Å². The lowest BCUT2D eigenvalue weighted by Crippen LogP contribution is -2.09. The summed E-state index contributed by atoms with van der Waals surface area (Å²) in [5, 5.41) is 5.68. The smallest absolute Gasteiger partial charge is 0.356 e. The third-order valence-electron chi connectivity index (χ3n) is 3.55. The quantitative estimate of drug-likeness (QED) is 0.468. The van der Waals surface area contributed by atoms with E-state index in [0.717, 1.165) is 0 Å². The van der Waals surface area contributed by atoms with Crippen LogP contribution in [0.5, 0.6) is 11.5 Å². The molecule has 0 saturated carbocycles. The minimum atomic E-state index is -0.667. The molecule has 10 heteroatoms. The molecule has 1 aromatic carbocycles. The lowest BCUT2D eigenvalue weighted by Gasteiger charge is -2.11. The third-order valence-corrected chi connectivity index (χ3v) is 3.55. The van der Waals surface area contributed by atoms with E-state index in [1.165, 1.54) is 37.7 Å². The Morgan fingerprint density at radius 1 is 1.16 bits per heavy atom. The van der Waals surface area contributed by atoms with Crippen LogP contribution in [0.15, 0.2) is 55.4 Å². The number of rotatable bonds is 7. The topological polar surface area (TPSA) is 124 Å². The van der Waals surface area contributed by atoms with Gasteiger partial charge in [-0.15, -0.1) is 0 Å². The highest BCUT2D eigenvalue weighted by Crippen LogP contribution is 2.28. The highest BCUT2D eigenvalue weighted by atomic mass is 19.1. The zero-order chi connectivity index (χ0) is 22.8. The van der Waals surface area contributed by atoms with Crippen molar-refractivity contribution >= 4 is 29.2 Å². The van der Waals surface area contributed by atoms with Crippen molar-refractivity contribution in [3.05, 3.63) is 66.9 Å². The number of ether oxygens (including phenoxy) is 2. The molecule has 2 aromatic heterocycles. The molecule has 0 amide bonds. The number of anilines is 4. The fourth-order valence-electron chi connectivity index (χ4n) is 2.33. The van der Waals surface area contributed by atoms with E-state index in [0.29, 0.717) is 17.3 Å². The van der Waals surface area contributed by atoms with Crippen LogP contribution in [0.4, 0.5) is 27.7 Å². The SMILES string of the molecule is C=CNc1cc(Oc2ccc(Nc3cc(C(=O)OC)nc(N)n3)cc2F)ccn1.CC. The van der Waals surface area contributed by atoms with Gasteiger partial charge >= 0.3 is 5.97 Å². The number of halogens is 1. The number of esters is 1. The molecule has 0 atom stereocenters. The fraction of sp³-hybridized carbons (Fsp3) is 0.143. The van der Waals surface area contributed by atoms with E-state index in [4.69, 9.17) is 10.5 Å². The maximum absolute atomic E-state index is 14.5. The predicted molar refractivity (Wildman–Crippen MR) is 117 cm³/mol. The molecule has 0 spiro atoms. The molecule has 0 aliphatic rings. The number of aromatic nitrogens is 3. The second kappa shape index (κ2) is 11.1. The van der Waals surface area contributed by atoms with Gasteiger partial charge in [0.2, 0.25) is 5.95 Å². The Morgan fingerprint density at radius 2 is 1.94 bits per heavy atom. The Bertz CT molecular complexity index is 1060. The van der Waals surface area contributed by atoms with Gasteiger partial charge in [-0.25, -0.2) is 19.2 Å². The molecule has 0 bridgehead atoms. The summed E-state index contributed by atoms with van der Waals surface area (Å²) in [5.74, 6) is -0.268. The van der Waals surface area contributed by atoms with Gasteiger partial charge in [-0.2, -0.15) is 4.98 Å². The molecule has 0 aliphatic carbocycles. The van der Waals surface area contributed by atoms with Crippen LogP contribution in [0, 0.1) is 5.82 Å². The average Bonchev–Trinajstić information content (AvgIpc) is 2.76. The summed E-state index contributed by atoms with van der Waals surface area (Å²) >= 11 is 0. The maximum atomic E-state index is 14.5. The first kappa shape index (κ1) is 23.1. The van der Waals surface area contributed by atoms with Crippen LogP contribution in [-0.4, -0.2) is 28.0 Å². The van der Waals surface area contributed by atoms with Crippen molar-refractivity contribution in [2.75, 3.05) is 23.5 Å². The van der Waals surface area contributed by atoms with Crippen LogP contribution in [-0.2, 0) is 4.74 Å². The van der Waals surface area contributed by atoms with Crippen molar-refractivity contribution < 1.29 is 18.7 Å². The highest BCUT2D eigenvalue weighted by Gasteiger charge is 2.12. The van der Waals surface area contributed by atoms with E-state index in [9.17, 15) is 9.18 Å². The molecule has 4 N–H and O–H groups in total. The Kier molecular flexibility index (Phi) is 8.26. The van der Waals surface area contributed by atoms with Crippen molar-refractivity contribution in [2.24, 2.45) is 0 Å². The van der Waals surface area contributed by atoms with Crippen LogP contribution in [0.2, 0.25) is 0 Å². The van der Waals surface area contributed by atoms with E-state index < -0.39 is 11.8 Å². The van der Waals surface area contributed by atoms with Gasteiger partial charge in [-0.1, -0.05) is 20.4 Å². The number of nitrogens with one attached hydrogen (secondary N) is 2. The standard InChI is InChI=1S/C19H17FN6O3.C2H6/c1-3-22-16-9-12(6-7-23-16)29-15-5-4-11(8-13(15)20)24-17-10-14(18(27)28-2)25-19(21)26-17;1-2/h3-10H,1H2,2H3,(H,22,23)(H3,21,24,25,26);1-2H3. The number of nitrogens with two attached hydrogens (primary N) is 1. The number of hydrogen-bond donors (Lipinski definition) is 3. The summed E-state index contributed by atoms with van der Waals surface area (Å²) in [6, 6.07) is 8.79. The first-order chi connectivity index (χ1) is 15.0. The van der Waals surface area contributed by atoms with E-state index in [1.807, 2.05) is 13.8 Å². The number of pyridine rings is 1. The molecule has 162 valence electrons. The zero-order valence-corrected chi connectivity index (χ0v) is 17.3. The number of nitrogens with zero attached hydrogens (tertiary/aromatic N) is 3. The molecule has 0 aliphatic heterocycles. The van der Waals surface area contributed by atoms with Crippen LogP contribution in [0.25, 0.3) is 0 Å². The first-order valence-electron chi connectivity index (χ1n) is 9.29. The summed E-state index contributed by atoms with van der Waals surface area (Å²) in [4.78, 5) is 23.4. The monoisotopic (exact) mass is 426 g/mol. The van der Waals surface area contributed by atoms with Gasteiger partial charge in [0, 0.05) is 30.1 Å². The van der Waals surface area contributed by atoms with Crippen molar-refractivity contribution in [1.82, 2.24) is 15.0 Å². The lowest BCUT2D eigenvalue weighted by molar-refractivity contribution is 0.0594.